The first-order valence-corrected chi connectivity index (χ1v) is 11.1. The van der Waals surface area contributed by atoms with Gasteiger partial charge in [-0.1, -0.05) is 11.8 Å². The van der Waals surface area contributed by atoms with E-state index in [1.165, 1.54) is 28.6 Å². The molecule has 0 unspecified atom stereocenters. The van der Waals surface area contributed by atoms with Crippen molar-refractivity contribution in [3.05, 3.63) is 20.8 Å². The second kappa shape index (κ2) is 6.95. The van der Waals surface area contributed by atoms with Crippen LogP contribution in [0.4, 0.5) is 0 Å². The number of carbonyl (C=O) groups is 1. The van der Waals surface area contributed by atoms with E-state index < -0.39 is 5.54 Å². The highest BCUT2D eigenvalue weighted by Gasteiger charge is 2.43. The molecule has 2 aliphatic rings. The lowest BCUT2D eigenvalue weighted by Gasteiger charge is -2.22. The van der Waals surface area contributed by atoms with E-state index in [4.69, 9.17) is 0 Å². The molecule has 2 heterocycles. The molecule has 0 aliphatic heterocycles. The average molecular weight is 403 g/mol. The molecule has 0 bridgehead atoms. The number of amides is 1. The lowest BCUT2D eigenvalue weighted by molar-refractivity contribution is -0.119. The van der Waals surface area contributed by atoms with E-state index in [0.717, 1.165) is 42.3 Å². The SMILES string of the molecule is Cn1c(SCC(=O)N[C@@](C)(C#N)C2CC2)nc2sc3c(c2c1=O)CCCC3. The van der Waals surface area contributed by atoms with Crippen LogP contribution < -0.4 is 10.9 Å². The molecule has 0 radical (unpaired) electrons. The highest BCUT2D eigenvalue weighted by molar-refractivity contribution is 7.99. The molecule has 0 aromatic carbocycles. The molecule has 0 saturated heterocycles. The maximum Gasteiger partial charge on any atom is 0.262 e. The molecule has 2 aromatic rings. The number of aromatic nitrogens is 2. The largest absolute Gasteiger partial charge is 0.337 e. The van der Waals surface area contributed by atoms with Gasteiger partial charge in [-0.3, -0.25) is 14.2 Å². The third kappa shape index (κ3) is 3.39. The predicted molar refractivity (Wildman–Crippen MR) is 107 cm³/mol. The first-order chi connectivity index (χ1) is 12.9. The Morgan fingerprint density at radius 2 is 2.19 bits per heavy atom. The van der Waals surface area contributed by atoms with Crippen LogP contribution >= 0.6 is 23.1 Å². The minimum Gasteiger partial charge on any atom is -0.337 e. The van der Waals surface area contributed by atoms with Crippen LogP contribution in [0.25, 0.3) is 10.2 Å². The Morgan fingerprint density at radius 3 is 2.89 bits per heavy atom. The van der Waals surface area contributed by atoms with Gasteiger partial charge in [0.05, 0.1) is 17.2 Å². The number of fused-ring (bicyclic) bond motifs is 3. The van der Waals surface area contributed by atoms with Gasteiger partial charge in [0, 0.05) is 11.9 Å². The Labute approximate surface area is 166 Å². The third-order valence-corrected chi connectivity index (χ3v) is 7.73. The van der Waals surface area contributed by atoms with Crippen LogP contribution in [0.5, 0.6) is 0 Å². The molecule has 8 heteroatoms. The number of nitrogens with one attached hydrogen (secondary N) is 1. The van der Waals surface area contributed by atoms with Crippen LogP contribution in [0.1, 0.15) is 43.0 Å². The smallest absolute Gasteiger partial charge is 0.262 e. The number of aryl methyl sites for hydroxylation is 2. The van der Waals surface area contributed by atoms with Gasteiger partial charge in [0.25, 0.3) is 5.56 Å². The molecule has 1 N–H and O–H groups in total. The van der Waals surface area contributed by atoms with Gasteiger partial charge in [0.15, 0.2) is 5.16 Å². The molecule has 2 aliphatic carbocycles. The molecule has 2 aromatic heterocycles. The summed E-state index contributed by atoms with van der Waals surface area (Å²) >= 11 is 2.87. The van der Waals surface area contributed by atoms with E-state index in [1.807, 2.05) is 0 Å². The molecule has 27 heavy (non-hydrogen) atoms. The fourth-order valence-electron chi connectivity index (χ4n) is 3.73. The van der Waals surface area contributed by atoms with Gasteiger partial charge < -0.3 is 5.32 Å². The van der Waals surface area contributed by atoms with Crippen molar-refractivity contribution in [1.82, 2.24) is 14.9 Å². The Kier molecular flexibility index (Phi) is 4.77. The van der Waals surface area contributed by atoms with Crippen molar-refractivity contribution in [2.24, 2.45) is 13.0 Å². The summed E-state index contributed by atoms with van der Waals surface area (Å²) in [5.41, 5.74) is 0.355. The quantitative estimate of drug-likeness (QED) is 0.614. The summed E-state index contributed by atoms with van der Waals surface area (Å²) in [4.78, 5) is 32.0. The standard InChI is InChI=1S/C19H22N4O2S2/c1-19(10-20,11-7-8-11)22-14(24)9-26-18-21-16-15(17(25)23(18)2)12-5-3-4-6-13(12)27-16/h11H,3-9H2,1-2H3,(H,22,24)/t19-/m0/s1. The number of hydrogen-bond acceptors (Lipinski definition) is 6. The fourth-order valence-corrected chi connectivity index (χ4v) is 5.81. The molecule has 1 amide bonds. The van der Waals surface area contributed by atoms with Crippen LogP contribution in [-0.4, -0.2) is 26.8 Å². The van der Waals surface area contributed by atoms with Gasteiger partial charge >= 0.3 is 0 Å². The molecular weight excluding hydrogens is 380 g/mol. The van der Waals surface area contributed by atoms with Gasteiger partial charge in [-0.25, -0.2) is 4.98 Å². The van der Waals surface area contributed by atoms with E-state index in [-0.39, 0.29) is 23.1 Å². The topological polar surface area (TPSA) is 87.8 Å². The van der Waals surface area contributed by atoms with Crippen LogP contribution in [0.3, 0.4) is 0 Å². The summed E-state index contributed by atoms with van der Waals surface area (Å²) in [7, 11) is 1.71. The number of carbonyl (C=O) groups excluding carboxylic acids is 1. The van der Waals surface area contributed by atoms with Crippen molar-refractivity contribution in [3.63, 3.8) is 0 Å². The van der Waals surface area contributed by atoms with Crippen molar-refractivity contribution in [2.45, 2.75) is 56.1 Å². The minimum atomic E-state index is -0.798. The fraction of sp³-hybridized carbons (Fsp3) is 0.579. The second-order valence-corrected chi connectivity index (χ2v) is 9.60. The molecule has 0 spiro atoms. The summed E-state index contributed by atoms with van der Waals surface area (Å²) in [6, 6.07) is 2.23. The Bertz CT molecular complexity index is 1020. The zero-order valence-corrected chi connectivity index (χ0v) is 17.1. The number of hydrogen-bond donors (Lipinski definition) is 1. The number of thioether (sulfide) groups is 1. The van der Waals surface area contributed by atoms with E-state index in [1.54, 1.807) is 29.9 Å². The highest BCUT2D eigenvalue weighted by Crippen LogP contribution is 2.39. The van der Waals surface area contributed by atoms with E-state index in [9.17, 15) is 14.9 Å². The molecule has 1 saturated carbocycles. The van der Waals surface area contributed by atoms with E-state index in [0.29, 0.717) is 5.16 Å². The Hall–Kier alpha value is -1.85. The zero-order valence-electron chi connectivity index (χ0n) is 15.5. The number of nitriles is 1. The summed E-state index contributed by atoms with van der Waals surface area (Å²) < 4.78 is 1.55. The van der Waals surface area contributed by atoms with Crippen molar-refractivity contribution < 1.29 is 4.79 Å². The van der Waals surface area contributed by atoms with Gasteiger partial charge in [0.1, 0.15) is 10.4 Å². The maximum atomic E-state index is 12.9. The Morgan fingerprint density at radius 1 is 1.44 bits per heavy atom. The van der Waals surface area contributed by atoms with Gasteiger partial charge in [-0.15, -0.1) is 11.3 Å². The monoisotopic (exact) mass is 402 g/mol. The van der Waals surface area contributed by atoms with Gasteiger partial charge in [-0.05, 0) is 56.9 Å². The molecule has 6 nitrogen and oxygen atoms in total. The minimum absolute atomic E-state index is 0.0258. The lowest BCUT2D eigenvalue weighted by Crippen LogP contribution is -2.47. The molecular formula is C19H22N4O2S2. The maximum absolute atomic E-state index is 12.9. The highest BCUT2D eigenvalue weighted by atomic mass is 32.2. The molecule has 142 valence electrons. The summed E-state index contributed by atoms with van der Waals surface area (Å²) in [5.74, 6) is 0.185. The molecule has 1 atom stereocenters. The van der Waals surface area contributed by atoms with Crippen LogP contribution in [0.2, 0.25) is 0 Å². The van der Waals surface area contributed by atoms with Gasteiger partial charge in [-0.2, -0.15) is 5.26 Å². The summed E-state index contributed by atoms with van der Waals surface area (Å²) in [6.07, 6.45) is 6.23. The number of rotatable bonds is 5. The lowest BCUT2D eigenvalue weighted by atomic mass is 9.97. The molecule has 1 fully saturated rings. The predicted octanol–water partition coefficient (Wildman–Crippen LogP) is 2.77. The second-order valence-electron chi connectivity index (χ2n) is 7.57. The number of thiophene rings is 1. The van der Waals surface area contributed by atoms with Crippen molar-refractivity contribution >= 4 is 39.2 Å². The normalized spacial score (nSPS) is 18.6. The molecule has 4 rings (SSSR count). The number of nitrogens with zero attached hydrogens (tertiary/aromatic N) is 3. The van der Waals surface area contributed by atoms with Crippen LogP contribution in [0, 0.1) is 17.2 Å². The van der Waals surface area contributed by atoms with E-state index in [2.05, 4.69) is 16.4 Å². The third-order valence-electron chi connectivity index (χ3n) is 5.51. The zero-order chi connectivity index (χ0) is 19.2. The van der Waals surface area contributed by atoms with Crippen LogP contribution in [-0.2, 0) is 24.7 Å². The van der Waals surface area contributed by atoms with Crippen molar-refractivity contribution in [2.75, 3.05) is 5.75 Å². The first kappa shape index (κ1) is 18.5. The average Bonchev–Trinajstić information content (AvgIpc) is 3.45. The van der Waals surface area contributed by atoms with E-state index >= 15 is 0 Å². The van der Waals surface area contributed by atoms with Gasteiger partial charge in [0.2, 0.25) is 5.91 Å². The van der Waals surface area contributed by atoms with Crippen LogP contribution in [0.15, 0.2) is 9.95 Å². The summed E-state index contributed by atoms with van der Waals surface area (Å²) in [6.45, 7) is 1.78. The van der Waals surface area contributed by atoms with Crippen molar-refractivity contribution in [3.8, 4) is 6.07 Å². The Balaban J connectivity index is 1.54. The van der Waals surface area contributed by atoms with Crippen molar-refractivity contribution in [1.29, 1.82) is 5.26 Å². The first-order valence-electron chi connectivity index (χ1n) is 9.29. The summed E-state index contributed by atoms with van der Waals surface area (Å²) in [5, 5.41) is 13.5.